The van der Waals surface area contributed by atoms with E-state index in [1.54, 1.807) is 6.08 Å². The molecule has 0 N–H and O–H groups in total. The number of aldehydes is 1. The molecular formula is C22H33NO3. The van der Waals surface area contributed by atoms with Gasteiger partial charge in [-0.2, -0.15) is 0 Å². The van der Waals surface area contributed by atoms with Crippen molar-refractivity contribution < 1.29 is 9.72 Å². The van der Waals surface area contributed by atoms with E-state index < -0.39 is 0 Å². The second-order valence-corrected chi connectivity index (χ2v) is 5.96. The monoisotopic (exact) mass is 359 g/mol. The molecule has 0 saturated heterocycles. The summed E-state index contributed by atoms with van der Waals surface area (Å²) in [6.07, 6.45) is 27.3. The van der Waals surface area contributed by atoms with Gasteiger partial charge in [-0.1, -0.05) is 62.0 Å². The first-order valence-corrected chi connectivity index (χ1v) is 9.59. The molecule has 4 heteroatoms. The zero-order valence-corrected chi connectivity index (χ0v) is 16.0. The third-order valence-electron chi connectivity index (χ3n) is 3.69. The van der Waals surface area contributed by atoms with E-state index in [1.807, 2.05) is 24.3 Å². The first kappa shape index (κ1) is 23.8. The fourth-order valence-electron chi connectivity index (χ4n) is 2.23. The molecule has 0 spiro atoms. The minimum absolute atomic E-state index is 0.243. The Kier molecular flexibility index (Phi) is 17.5. The van der Waals surface area contributed by atoms with E-state index in [0.29, 0.717) is 19.3 Å². The van der Waals surface area contributed by atoms with E-state index in [0.717, 1.165) is 51.2 Å². The van der Waals surface area contributed by atoms with Crippen LogP contribution in [0.25, 0.3) is 0 Å². The van der Waals surface area contributed by atoms with Crippen LogP contribution < -0.4 is 0 Å². The molecule has 0 aliphatic heterocycles. The van der Waals surface area contributed by atoms with Gasteiger partial charge in [-0.25, -0.2) is 0 Å². The second-order valence-electron chi connectivity index (χ2n) is 5.96. The maximum atomic E-state index is 11.1. The van der Waals surface area contributed by atoms with E-state index in [4.69, 9.17) is 0 Å². The summed E-state index contributed by atoms with van der Waals surface area (Å²) in [4.78, 5) is 20.9. The van der Waals surface area contributed by atoms with Gasteiger partial charge in [-0.05, 0) is 51.0 Å². The van der Waals surface area contributed by atoms with Crippen LogP contribution in [0.5, 0.6) is 0 Å². The lowest BCUT2D eigenvalue weighted by atomic mass is 10.1. The Balaban J connectivity index is 4.01. The van der Waals surface area contributed by atoms with E-state index >= 15 is 0 Å². The van der Waals surface area contributed by atoms with Crippen LogP contribution in [0.4, 0.5) is 0 Å². The fourth-order valence-corrected chi connectivity index (χ4v) is 2.23. The van der Waals surface area contributed by atoms with Gasteiger partial charge in [0.05, 0.1) is 11.3 Å². The lowest BCUT2D eigenvalue weighted by Gasteiger charge is -1.95. The summed E-state index contributed by atoms with van der Waals surface area (Å²) >= 11 is 0. The summed E-state index contributed by atoms with van der Waals surface area (Å²) in [7, 11) is 0. The number of carbonyl (C=O) groups is 1. The van der Waals surface area contributed by atoms with Gasteiger partial charge in [-0.15, -0.1) is 0 Å². The lowest BCUT2D eigenvalue weighted by molar-refractivity contribution is -0.427. The molecule has 0 radical (unpaired) electrons. The van der Waals surface area contributed by atoms with Crippen LogP contribution in [0.2, 0.25) is 0 Å². The van der Waals surface area contributed by atoms with Crippen LogP contribution >= 0.6 is 0 Å². The van der Waals surface area contributed by atoms with E-state index in [9.17, 15) is 14.9 Å². The SMILES string of the molecule is CC/C=C\C/C=C\C/C=C\C/C=C(\C/C=C\CCCCCC=O)[N+](=O)[O-]. The van der Waals surface area contributed by atoms with E-state index in [-0.39, 0.29) is 10.6 Å². The van der Waals surface area contributed by atoms with Crippen molar-refractivity contribution in [3.63, 3.8) is 0 Å². The molecule has 0 unspecified atom stereocenters. The minimum atomic E-state index is -0.303. The molecule has 0 saturated carbocycles. The van der Waals surface area contributed by atoms with Gasteiger partial charge in [0, 0.05) is 6.42 Å². The van der Waals surface area contributed by atoms with Crippen molar-refractivity contribution in [2.75, 3.05) is 0 Å². The number of nitro groups is 1. The Morgan fingerprint density at radius 1 is 0.808 bits per heavy atom. The fraction of sp³-hybridized carbons (Fsp3) is 0.500. The normalized spacial score (nSPS) is 12.9. The van der Waals surface area contributed by atoms with Crippen LogP contribution in [-0.2, 0) is 4.79 Å². The van der Waals surface area contributed by atoms with E-state index in [2.05, 4.69) is 31.2 Å². The summed E-state index contributed by atoms with van der Waals surface area (Å²) in [6.45, 7) is 2.11. The smallest absolute Gasteiger partial charge is 0.246 e. The number of rotatable bonds is 16. The molecule has 0 amide bonds. The second kappa shape index (κ2) is 19.1. The van der Waals surface area contributed by atoms with Gasteiger partial charge in [0.2, 0.25) is 5.70 Å². The van der Waals surface area contributed by atoms with Crippen molar-refractivity contribution in [2.24, 2.45) is 0 Å². The number of carbonyl (C=O) groups excluding carboxylic acids is 1. The average molecular weight is 360 g/mol. The predicted octanol–water partition coefficient (Wildman–Crippen LogP) is 6.49. The molecular weight excluding hydrogens is 326 g/mol. The van der Waals surface area contributed by atoms with Gasteiger partial charge >= 0.3 is 0 Å². The highest BCUT2D eigenvalue weighted by molar-refractivity contribution is 5.48. The average Bonchev–Trinajstić information content (AvgIpc) is 2.63. The highest BCUT2D eigenvalue weighted by Crippen LogP contribution is 2.08. The van der Waals surface area contributed by atoms with Crippen molar-refractivity contribution in [2.45, 2.75) is 71.1 Å². The number of allylic oxidation sites excluding steroid dienone is 9. The van der Waals surface area contributed by atoms with Gasteiger partial charge in [0.15, 0.2) is 0 Å². The molecule has 0 bridgehead atoms. The van der Waals surface area contributed by atoms with Crippen molar-refractivity contribution in [1.82, 2.24) is 0 Å². The molecule has 144 valence electrons. The third-order valence-corrected chi connectivity index (χ3v) is 3.69. The lowest BCUT2D eigenvalue weighted by Crippen LogP contribution is -1.97. The third kappa shape index (κ3) is 16.6. The Morgan fingerprint density at radius 2 is 1.42 bits per heavy atom. The maximum absolute atomic E-state index is 11.1. The van der Waals surface area contributed by atoms with Crippen LogP contribution in [0.15, 0.2) is 60.4 Å². The number of hydrogen-bond acceptors (Lipinski definition) is 3. The Hall–Kier alpha value is -2.23. The minimum Gasteiger partial charge on any atom is -0.303 e. The zero-order chi connectivity index (χ0) is 19.3. The molecule has 0 aromatic carbocycles. The molecule has 0 aromatic rings. The largest absolute Gasteiger partial charge is 0.303 e. The van der Waals surface area contributed by atoms with Crippen LogP contribution in [0, 0.1) is 10.1 Å². The zero-order valence-electron chi connectivity index (χ0n) is 16.0. The van der Waals surface area contributed by atoms with Crippen molar-refractivity contribution in [1.29, 1.82) is 0 Å². The first-order valence-electron chi connectivity index (χ1n) is 9.59. The molecule has 0 aromatic heterocycles. The summed E-state index contributed by atoms with van der Waals surface area (Å²) in [6, 6.07) is 0. The molecule has 0 aliphatic carbocycles. The van der Waals surface area contributed by atoms with Gasteiger partial charge in [0.1, 0.15) is 6.29 Å². The Bertz CT molecular complexity index is 513. The summed E-state index contributed by atoms with van der Waals surface area (Å²) in [5.74, 6) is 0. The standard InChI is InChI=1S/C22H33NO3/c1-2-3-4-5-6-7-8-10-13-16-19-22(23(25)26)20-17-14-11-9-12-15-18-21-24/h3-4,6-7,10,13-14,17,19,21H,2,5,8-9,11-12,15-16,18,20H2,1H3/b4-3-,7-6-,13-10-,17-14-,22-19+. The van der Waals surface area contributed by atoms with Crippen molar-refractivity contribution in [3.05, 3.63) is 70.5 Å². The number of hydrogen-bond donors (Lipinski definition) is 0. The van der Waals surface area contributed by atoms with Crippen LogP contribution in [0.3, 0.4) is 0 Å². The summed E-state index contributed by atoms with van der Waals surface area (Å²) in [5.41, 5.74) is 0.243. The highest BCUT2D eigenvalue weighted by Gasteiger charge is 2.06. The van der Waals surface area contributed by atoms with Crippen LogP contribution in [0.1, 0.15) is 71.1 Å². The van der Waals surface area contributed by atoms with Gasteiger partial charge in [-0.3, -0.25) is 10.1 Å². The summed E-state index contributed by atoms with van der Waals surface area (Å²) in [5, 5.41) is 11.1. The van der Waals surface area contributed by atoms with Crippen LogP contribution in [-0.4, -0.2) is 11.2 Å². The van der Waals surface area contributed by atoms with Gasteiger partial charge < -0.3 is 4.79 Å². The Labute approximate surface area is 158 Å². The van der Waals surface area contributed by atoms with Crippen molar-refractivity contribution >= 4 is 6.29 Å². The van der Waals surface area contributed by atoms with Gasteiger partial charge in [0.25, 0.3) is 0 Å². The number of unbranched alkanes of at least 4 members (excludes halogenated alkanes) is 4. The number of nitrogens with zero attached hydrogens (tertiary/aromatic N) is 1. The molecule has 0 atom stereocenters. The van der Waals surface area contributed by atoms with E-state index in [1.165, 1.54) is 0 Å². The maximum Gasteiger partial charge on any atom is 0.246 e. The molecule has 0 heterocycles. The topological polar surface area (TPSA) is 60.2 Å². The molecule has 4 nitrogen and oxygen atoms in total. The summed E-state index contributed by atoms with van der Waals surface area (Å²) < 4.78 is 0. The Morgan fingerprint density at radius 3 is 2.04 bits per heavy atom. The van der Waals surface area contributed by atoms with Crippen molar-refractivity contribution in [3.8, 4) is 0 Å². The predicted molar refractivity (Wildman–Crippen MR) is 110 cm³/mol. The molecule has 0 rings (SSSR count). The molecule has 0 aliphatic rings. The molecule has 26 heavy (non-hydrogen) atoms. The highest BCUT2D eigenvalue weighted by atomic mass is 16.6. The first-order chi connectivity index (χ1) is 12.7. The molecule has 0 fully saturated rings. The quantitative estimate of drug-likeness (QED) is 0.104.